The summed E-state index contributed by atoms with van der Waals surface area (Å²) < 4.78 is 0. The second kappa shape index (κ2) is 6.28. The van der Waals surface area contributed by atoms with E-state index < -0.39 is 5.97 Å². The molecule has 3 heteroatoms. The minimum Gasteiger partial charge on any atom is -0.481 e. The normalized spacial score (nSPS) is 12.5. The summed E-state index contributed by atoms with van der Waals surface area (Å²) in [5.41, 5.74) is 0. The molecule has 11 heavy (non-hydrogen) atoms. The molecule has 1 atom stereocenters. The molecule has 1 unspecified atom stereocenters. The summed E-state index contributed by atoms with van der Waals surface area (Å²) in [5, 5.41) is 10.3. The minimum absolute atomic E-state index is 0.176. The monoisotopic (exact) mass is 174 g/mol. The quantitative estimate of drug-likeness (QED) is 0.496. The Morgan fingerprint density at radius 3 is 2.73 bits per heavy atom. The first-order valence-electron chi connectivity index (χ1n) is 3.88. The molecule has 0 bridgehead atoms. The maximum Gasteiger partial charge on any atom is 0.306 e. The van der Waals surface area contributed by atoms with Gasteiger partial charge in [0.2, 0.25) is 0 Å². The van der Waals surface area contributed by atoms with Crippen LogP contribution in [-0.4, -0.2) is 16.4 Å². The van der Waals surface area contributed by atoms with Gasteiger partial charge in [-0.05, 0) is 31.1 Å². The maximum absolute atomic E-state index is 10.5. The highest BCUT2D eigenvalue weighted by Crippen LogP contribution is 2.11. The number of carboxylic acid groups (broad SMARTS) is 1. The highest BCUT2D eigenvalue weighted by atomic mass is 32.1. The molecule has 0 aromatic rings. The Bertz CT molecular complexity index is 134. The van der Waals surface area contributed by atoms with E-state index in [1.165, 1.54) is 0 Å². The lowest BCUT2D eigenvalue weighted by molar-refractivity contribution is -0.142. The van der Waals surface area contributed by atoms with E-state index in [1.54, 1.807) is 5.37 Å². The smallest absolute Gasteiger partial charge is 0.306 e. The molecular formula is C8H14O2S. The van der Waals surface area contributed by atoms with Crippen molar-refractivity contribution in [1.29, 1.82) is 0 Å². The maximum atomic E-state index is 10.5. The van der Waals surface area contributed by atoms with Crippen molar-refractivity contribution in [3.63, 3.8) is 0 Å². The number of unbranched alkanes of at least 4 members (excludes halogenated alkanes) is 1. The second-order valence-electron chi connectivity index (χ2n) is 2.54. The second-order valence-corrected chi connectivity index (χ2v) is 2.87. The number of thiocarbonyl (C=S) groups is 1. The first-order valence-corrected chi connectivity index (χ1v) is 4.36. The van der Waals surface area contributed by atoms with Crippen molar-refractivity contribution in [3.05, 3.63) is 0 Å². The predicted molar refractivity (Wildman–Crippen MR) is 48.9 cm³/mol. The van der Waals surface area contributed by atoms with Crippen LogP contribution in [0.3, 0.4) is 0 Å². The van der Waals surface area contributed by atoms with Crippen molar-refractivity contribution in [2.75, 3.05) is 0 Å². The van der Waals surface area contributed by atoms with Gasteiger partial charge in [-0.15, -0.1) is 0 Å². The fraction of sp³-hybridized carbons (Fsp3) is 0.750. The van der Waals surface area contributed by atoms with Gasteiger partial charge in [0.15, 0.2) is 0 Å². The van der Waals surface area contributed by atoms with E-state index in [-0.39, 0.29) is 5.92 Å². The third-order valence-corrected chi connectivity index (χ3v) is 1.95. The Morgan fingerprint density at radius 1 is 1.73 bits per heavy atom. The third kappa shape index (κ3) is 4.90. The molecule has 0 saturated heterocycles. The first kappa shape index (κ1) is 10.6. The summed E-state index contributed by atoms with van der Waals surface area (Å²) in [6.07, 6.45) is 3.21. The van der Waals surface area contributed by atoms with Gasteiger partial charge in [-0.3, -0.25) is 4.79 Å². The molecular weight excluding hydrogens is 160 g/mol. The van der Waals surface area contributed by atoms with Gasteiger partial charge >= 0.3 is 5.97 Å². The van der Waals surface area contributed by atoms with Gasteiger partial charge < -0.3 is 5.11 Å². The number of carbonyl (C=O) groups is 1. The minimum atomic E-state index is -0.683. The average Bonchev–Trinajstić information content (AvgIpc) is 1.97. The van der Waals surface area contributed by atoms with E-state index in [0.29, 0.717) is 6.42 Å². The summed E-state index contributed by atoms with van der Waals surface area (Å²) in [4.78, 5) is 10.5. The predicted octanol–water partition coefficient (Wildman–Crippen LogP) is 2.27. The van der Waals surface area contributed by atoms with Gasteiger partial charge in [0, 0.05) is 0 Å². The van der Waals surface area contributed by atoms with E-state index in [1.807, 2.05) is 6.92 Å². The highest BCUT2D eigenvalue weighted by Gasteiger charge is 2.13. The topological polar surface area (TPSA) is 37.3 Å². The van der Waals surface area contributed by atoms with Crippen LogP contribution in [0.1, 0.15) is 32.6 Å². The molecule has 0 aliphatic carbocycles. The Balaban J connectivity index is 3.52. The number of hydrogen-bond donors (Lipinski definition) is 1. The fourth-order valence-corrected chi connectivity index (χ4v) is 1.12. The van der Waals surface area contributed by atoms with Crippen molar-refractivity contribution in [2.45, 2.75) is 32.6 Å². The molecule has 0 amide bonds. The number of aliphatic carboxylic acids is 1. The van der Waals surface area contributed by atoms with Crippen LogP contribution < -0.4 is 0 Å². The number of rotatable bonds is 6. The zero-order valence-electron chi connectivity index (χ0n) is 6.75. The fourth-order valence-electron chi connectivity index (χ4n) is 0.950. The van der Waals surface area contributed by atoms with Crippen LogP contribution in [0.25, 0.3) is 0 Å². The van der Waals surface area contributed by atoms with Crippen LogP contribution >= 0.6 is 12.2 Å². The first-order chi connectivity index (χ1) is 5.22. The Hall–Kier alpha value is -0.440. The summed E-state index contributed by atoms with van der Waals surface area (Å²) in [7, 11) is 0. The van der Waals surface area contributed by atoms with Gasteiger partial charge in [0.1, 0.15) is 0 Å². The van der Waals surface area contributed by atoms with Gasteiger partial charge in [0.25, 0.3) is 0 Å². The van der Waals surface area contributed by atoms with Crippen molar-refractivity contribution < 1.29 is 9.90 Å². The van der Waals surface area contributed by atoms with E-state index >= 15 is 0 Å². The number of hydrogen-bond acceptors (Lipinski definition) is 2. The molecule has 0 aromatic heterocycles. The van der Waals surface area contributed by atoms with Crippen molar-refractivity contribution >= 4 is 23.6 Å². The summed E-state index contributed by atoms with van der Waals surface area (Å²) in [6, 6.07) is 0. The van der Waals surface area contributed by atoms with E-state index in [9.17, 15) is 4.79 Å². The lowest BCUT2D eigenvalue weighted by Gasteiger charge is -2.06. The molecule has 64 valence electrons. The SMILES string of the molecule is CCC(CCCC=S)C(=O)O. The van der Waals surface area contributed by atoms with E-state index in [2.05, 4.69) is 12.2 Å². The van der Waals surface area contributed by atoms with Crippen LogP contribution in [0, 0.1) is 5.92 Å². The Morgan fingerprint density at radius 2 is 2.36 bits per heavy atom. The van der Waals surface area contributed by atoms with Gasteiger partial charge in [0.05, 0.1) is 5.92 Å². The summed E-state index contributed by atoms with van der Waals surface area (Å²) in [6.45, 7) is 1.90. The molecule has 0 saturated carbocycles. The molecule has 0 aliphatic heterocycles. The van der Waals surface area contributed by atoms with E-state index in [4.69, 9.17) is 5.11 Å². The van der Waals surface area contributed by atoms with Crippen molar-refractivity contribution in [2.24, 2.45) is 5.92 Å². The number of carboxylic acids is 1. The summed E-state index contributed by atoms with van der Waals surface area (Å²) in [5.74, 6) is -0.859. The molecule has 1 N–H and O–H groups in total. The van der Waals surface area contributed by atoms with Crippen LogP contribution in [0.4, 0.5) is 0 Å². The van der Waals surface area contributed by atoms with Gasteiger partial charge in [-0.2, -0.15) is 0 Å². The largest absolute Gasteiger partial charge is 0.481 e. The van der Waals surface area contributed by atoms with Crippen molar-refractivity contribution in [3.8, 4) is 0 Å². The lowest BCUT2D eigenvalue weighted by Crippen LogP contribution is -2.12. The van der Waals surface area contributed by atoms with Crippen LogP contribution in [-0.2, 0) is 4.79 Å². The lowest BCUT2D eigenvalue weighted by atomic mass is 10.00. The van der Waals surface area contributed by atoms with Crippen LogP contribution in [0.2, 0.25) is 0 Å². The zero-order chi connectivity index (χ0) is 8.69. The van der Waals surface area contributed by atoms with Crippen LogP contribution in [0.5, 0.6) is 0 Å². The van der Waals surface area contributed by atoms with Gasteiger partial charge in [-0.25, -0.2) is 0 Å². The van der Waals surface area contributed by atoms with Crippen molar-refractivity contribution in [1.82, 2.24) is 0 Å². The molecule has 0 fully saturated rings. The highest BCUT2D eigenvalue weighted by molar-refractivity contribution is 7.78. The molecule has 0 rings (SSSR count). The van der Waals surface area contributed by atoms with Gasteiger partial charge in [-0.1, -0.05) is 19.1 Å². The standard InChI is InChI=1S/C8H14O2S/c1-2-7(8(9)10)5-3-4-6-11/h6-7H,2-5H2,1H3,(H,9,10). The molecule has 2 nitrogen and oxygen atoms in total. The Labute approximate surface area is 72.6 Å². The molecule has 0 heterocycles. The average molecular weight is 174 g/mol. The molecule has 0 spiro atoms. The molecule has 0 radical (unpaired) electrons. The zero-order valence-corrected chi connectivity index (χ0v) is 7.56. The summed E-state index contributed by atoms with van der Waals surface area (Å²) >= 11 is 4.63. The molecule has 0 aromatic carbocycles. The molecule has 0 aliphatic rings. The van der Waals surface area contributed by atoms with Crippen LogP contribution in [0.15, 0.2) is 0 Å². The Kier molecular flexibility index (Phi) is 6.03. The van der Waals surface area contributed by atoms with E-state index in [0.717, 1.165) is 19.3 Å². The third-order valence-electron chi connectivity index (χ3n) is 1.72.